The summed E-state index contributed by atoms with van der Waals surface area (Å²) in [6.07, 6.45) is 0.603. The first kappa shape index (κ1) is 14.6. The Kier molecular flexibility index (Phi) is 4.65. The van der Waals surface area contributed by atoms with Gasteiger partial charge in [0.2, 0.25) is 0 Å². The third-order valence-electron chi connectivity index (χ3n) is 2.58. The van der Waals surface area contributed by atoms with Gasteiger partial charge in [-0.25, -0.2) is 8.78 Å². The third kappa shape index (κ3) is 3.58. The minimum atomic E-state index is -0.970. The van der Waals surface area contributed by atoms with Crippen molar-refractivity contribution in [3.05, 3.63) is 62.3 Å². The lowest BCUT2D eigenvalue weighted by Crippen LogP contribution is -2.06. The molecule has 0 saturated heterocycles. The Hall–Kier alpha value is -0.850. The van der Waals surface area contributed by atoms with Crippen LogP contribution < -0.4 is 0 Å². The number of rotatable bonds is 3. The minimum absolute atomic E-state index is 0.0271. The molecule has 0 amide bonds. The lowest BCUT2D eigenvalue weighted by molar-refractivity contribution is 0.171. The van der Waals surface area contributed by atoms with Gasteiger partial charge in [0, 0.05) is 27.6 Å². The summed E-state index contributed by atoms with van der Waals surface area (Å²) < 4.78 is 27.7. The van der Waals surface area contributed by atoms with Gasteiger partial charge in [-0.3, -0.25) is 4.98 Å². The minimum Gasteiger partial charge on any atom is -0.386 e. The molecule has 0 fully saturated rings. The van der Waals surface area contributed by atoms with Gasteiger partial charge in [0.25, 0.3) is 0 Å². The second-order valence-electron chi connectivity index (χ2n) is 3.98. The molecule has 1 heterocycles. The van der Waals surface area contributed by atoms with E-state index >= 15 is 0 Å². The molecule has 1 aromatic carbocycles. The first-order valence-electron chi connectivity index (χ1n) is 5.40. The Bertz CT molecular complexity index is 607. The average Bonchev–Trinajstić information content (AvgIpc) is 2.32. The zero-order valence-electron chi connectivity index (χ0n) is 9.58. The summed E-state index contributed by atoms with van der Waals surface area (Å²) in [5, 5.41) is 10.1. The van der Waals surface area contributed by atoms with Gasteiger partial charge in [-0.15, -0.1) is 0 Å². The molecule has 2 nitrogen and oxygen atoms in total. The van der Waals surface area contributed by atoms with E-state index in [4.69, 9.17) is 0 Å². The van der Waals surface area contributed by atoms with Crippen molar-refractivity contribution in [3.8, 4) is 0 Å². The molecule has 0 aliphatic rings. The predicted octanol–water partition coefficient (Wildman–Crippen LogP) is 4.16. The van der Waals surface area contributed by atoms with Crippen molar-refractivity contribution in [1.82, 2.24) is 4.98 Å². The second kappa shape index (κ2) is 6.07. The number of aromatic nitrogens is 1. The third-order valence-corrected chi connectivity index (χ3v) is 3.65. The lowest BCUT2D eigenvalue weighted by Gasteiger charge is -2.12. The standard InChI is InChI=1S/C13H9Br2F2NO/c14-8-4-10(15)13(18-6-8)12(19)3-7-1-2-9(16)5-11(7)17/h1-2,4-6,12,19H,3H2. The Labute approximate surface area is 125 Å². The van der Waals surface area contributed by atoms with Gasteiger partial charge in [0.05, 0.1) is 5.69 Å². The SMILES string of the molecule is OC(Cc1ccc(F)cc1F)c1ncc(Br)cc1Br. The van der Waals surface area contributed by atoms with Crippen LogP contribution in [0.3, 0.4) is 0 Å². The van der Waals surface area contributed by atoms with Gasteiger partial charge in [-0.05, 0) is 49.6 Å². The molecular weight excluding hydrogens is 384 g/mol. The van der Waals surface area contributed by atoms with E-state index in [1.807, 2.05) is 0 Å². The average molecular weight is 393 g/mol. The van der Waals surface area contributed by atoms with Crippen LogP contribution in [0.1, 0.15) is 17.4 Å². The van der Waals surface area contributed by atoms with Gasteiger partial charge in [0.15, 0.2) is 0 Å². The summed E-state index contributed by atoms with van der Waals surface area (Å²) in [7, 11) is 0. The normalized spacial score (nSPS) is 12.5. The Morgan fingerprint density at radius 1 is 1.21 bits per heavy atom. The van der Waals surface area contributed by atoms with Crippen LogP contribution >= 0.6 is 31.9 Å². The number of aliphatic hydroxyl groups excluding tert-OH is 1. The van der Waals surface area contributed by atoms with Crippen LogP contribution in [0.15, 0.2) is 39.4 Å². The molecule has 1 unspecified atom stereocenters. The lowest BCUT2D eigenvalue weighted by atomic mass is 10.0. The summed E-state index contributed by atoms with van der Waals surface area (Å²) >= 11 is 6.54. The first-order valence-corrected chi connectivity index (χ1v) is 6.99. The van der Waals surface area contributed by atoms with E-state index in [1.54, 1.807) is 12.3 Å². The van der Waals surface area contributed by atoms with E-state index < -0.39 is 17.7 Å². The number of nitrogens with zero attached hydrogens (tertiary/aromatic N) is 1. The van der Waals surface area contributed by atoms with Crippen molar-refractivity contribution in [1.29, 1.82) is 0 Å². The predicted molar refractivity (Wildman–Crippen MR) is 74.7 cm³/mol. The van der Waals surface area contributed by atoms with Crippen LogP contribution in [0.4, 0.5) is 8.78 Å². The van der Waals surface area contributed by atoms with Crippen LogP contribution in [-0.2, 0) is 6.42 Å². The summed E-state index contributed by atoms with van der Waals surface area (Å²) in [5.74, 6) is -1.31. The molecule has 0 aliphatic heterocycles. The smallest absolute Gasteiger partial charge is 0.129 e. The summed E-state index contributed by atoms with van der Waals surface area (Å²) in [6, 6.07) is 5.02. The number of aliphatic hydroxyl groups is 1. The molecule has 0 spiro atoms. The van der Waals surface area contributed by atoms with Crippen LogP contribution in [0.25, 0.3) is 0 Å². The van der Waals surface area contributed by atoms with Crippen molar-refractivity contribution in [2.45, 2.75) is 12.5 Å². The fraction of sp³-hybridized carbons (Fsp3) is 0.154. The van der Waals surface area contributed by atoms with Gasteiger partial charge in [0.1, 0.15) is 17.7 Å². The zero-order chi connectivity index (χ0) is 14.0. The van der Waals surface area contributed by atoms with Gasteiger partial charge in [-0.1, -0.05) is 6.07 Å². The van der Waals surface area contributed by atoms with Crippen LogP contribution in [-0.4, -0.2) is 10.1 Å². The Morgan fingerprint density at radius 2 is 1.95 bits per heavy atom. The van der Waals surface area contributed by atoms with Gasteiger partial charge < -0.3 is 5.11 Å². The summed E-state index contributed by atoms with van der Waals surface area (Å²) in [5.41, 5.74) is 0.650. The van der Waals surface area contributed by atoms with Crippen LogP contribution in [0, 0.1) is 11.6 Å². The fourth-order valence-corrected chi connectivity index (χ4v) is 2.91. The molecule has 1 atom stereocenters. The summed E-state index contributed by atoms with van der Waals surface area (Å²) in [6.45, 7) is 0. The molecule has 19 heavy (non-hydrogen) atoms. The molecule has 0 aliphatic carbocycles. The molecule has 0 bridgehead atoms. The molecule has 1 N–H and O–H groups in total. The van der Waals surface area contributed by atoms with Crippen molar-refractivity contribution in [2.75, 3.05) is 0 Å². The maximum absolute atomic E-state index is 13.5. The van der Waals surface area contributed by atoms with Crippen molar-refractivity contribution < 1.29 is 13.9 Å². The molecule has 1 aromatic heterocycles. The number of hydrogen-bond donors (Lipinski definition) is 1. The van der Waals surface area contributed by atoms with Crippen molar-refractivity contribution in [2.24, 2.45) is 0 Å². The number of halogens is 4. The van der Waals surface area contributed by atoms with E-state index in [9.17, 15) is 13.9 Å². The molecule has 100 valence electrons. The molecule has 2 aromatic rings. The first-order chi connectivity index (χ1) is 8.97. The maximum Gasteiger partial charge on any atom is 0.129 e. The molecule has 0 saturated carbocycles. The van der Waals surface area contributed by atoms with Crippen LogP contribution in [0.5, 0.6) is 0 Å². The zero-order valence-corrected chi connectivity index (χ0v) is 12.7. The molecule has 0 radical (unpaired) electrons. The number of hydrogen-bond acceptors (Lipinski definition) is 2. The Morgan fingerprint density at radius 3 is 2.58 bits per heavy atom. The molecule has 2 rings (SSSR count). The second-order valence-corrected chi connectivity index (χ2v) is 5.75. The highest BCUT2D eigenvalue weighted by molar-refractivity contribution is 9.11. The van der Waals surface area contributed by atoms with E-state index in [2.05, 4.69) is 36.8 Å². The summed E-state index contributed by atoms with van der Waals surface area (Å²) in [4.78, 5) is 4.08. The maximum atomic E-state index is 13.5. The Balaban J connectivity index is 2.23. The monoisotopic (exact) mass is 391 g/mol. The van der Waals surface area contributed by atoms with Gasteiger partial charge in [-0.2, -0.15) is 0 Å². The topological polar surface area (TPSA) is 33.1 Å². The van der Waals surface area contributed by atoms with Crippen molar-refractivity contribution >= 4 is 31.9 Å². The molecular formula is C13H9Br2F2NO. The number of benzene rings is 1. The van der Waals surface area contributed by atoms with Crippen molar-refractivity contribution in [3.63, 3.8) is 0 Å². The van der Waals surface area contributed by atoms with E-state index in [0.717, 1.165) is 16.6 Å². The highest BCUT2D eigenvalue weighted by atomic mass is 79.9. The van der Waals surface area contributed by atoms with E-state index in [0.29, 0.717) is 10.2 Å². The fourth-order valence-electron chi connectivity index (χ4n) is 1.66. The quantitative estimate of drug-likeness (QED) is 0.850. The van der Waals surface area contributed by atoms with E-state index in [-0.39, 0.29) is 12.0 Å². The van der Waals surface area contributed by atoms with E-state index in [1.165, 1.54) is 6.07 Å². The highest BCUT2D eigenvalue weighted by Gasteiger charge is 2.16. The number of pyridine rings is 1. The van der Waals surface area contributed by atoms with Crippen LogP contribution in [0.2, 0.25) is 0 Å². The largest absolute Gasteiger partial charge is 0.386 e. The highest BCUT2D eigenvalue weighted by Crippen LogP contribution is 2.27. The molecule has 6 heteroatoms. The van der Waals surface area contributed by atoms with Gasteiger partial charge >= 0.3 is 0 Å².